The Morgan fingerprint density at radius 1 is 0.780 bits per heavy atom. The number of aromatic nitrogens is 1. The van der Waals surface area contributed by atoms with Crippen LogP contribution < -0.4 is 10.1 Å². The second kappa shape index (κ2) is 11.4. The number of carbonyl (C=O) groups excluding carboxylic acids is 1. The number of halogens is 1. The van der Waals surface area contributed by atoms with Gasteiger partial charge in [0.05, 0.1) is 0 Å². The monoisotopic (exact) mass is 558 g/mol. The Morgan fingerprint density at radius 3 is 2.12 bits per heavy atom. The van der Waals surface area contributed by atoms with Gasteiger partial charge in [0.15, 0.2) is 0 Å². The molecule has 1 aromatic heterocycles. The summed E-state index contributed by atoms with van der Waals surface area (Å²) in [5.41, 5.74) is 4.02. The van der Waals surface area contributed by atoms with Crippen molar-refractivity contribution in [1.29, 1.82) is 0 Å². The number of carbonyl (C=O) groups is 1. The highest BCUT2D eigenvalue weighted by atomic mass is 32.1. The molecule has 0 unspecified atom stereocenters. The summed E-state index contributed by atoms with van der Waals surface area (Å²) >= 11 is 1.38. The average Bonchev–Trinajstić information content (AvgIpc) is 3.41. The fraction of sp³-hybridized carbons (Fsp3) is 0.0857. The molecule has 5 aromatic carbocycles. The second-order valence-corrected chi connectivity index (χ2v) is 11.0. The number of anilines is 1. The zero-order chi connectivity index (χ0) is 28.3. The molecule has 1 N–H and O–H groups in total. The van der Waals surface area contributed by atoms with Gasteiger partial charge >= 0.3 is 0 Å². The molecule has 202 valence electrons. The van der Waals surface area contributed by atoms with Crippen LogP contribution in [0, 0.1) is 5.82 Å². The van der Waals surface area contributed by atoms with E-state index in [1.165, 1.54) is 29.0 Å². The van der Waals surface area contributed by atoms with Crippen molar-refractivity contribution in [2.45, 2.75) is 19.8 Å². The van der Waals surface area contributed by atoms with Gasteiger partial charge in [-0.05, 0) is 89.0 Å². The largest absolute Gasteiger partial charge is 0.457 e. The summed E-state index contributed by atoms with van der Waals surface area (Å²) in [6, 6.07) is 35.4. The minimum absolute atomic E-state index is 0.229. The maximum atomic E-state index is 13.7. The molecular formula is C35H27FN2O2S. The predicted octanol–water partition coefficient (Wildman–Crippen LogP) is 9.94. The lowest BCUT2D eigenvalue weighted by molar-refractivity contribution is 0.102. The van der Waals surface area contributed by atoms with E-state index >= 15 is 0 Å². The van der Waals surface area contributed by atoms with Crippen LogP contribution in [0.1, 0.15) is 35.7 Å². The van der Waals surface area contributed by atoms with Crippen molar-refractivity contribution < 1.29 is 13.9 Å². The summed E-state index contributed by atoms with van der Waals surface area (Å²) in [5.74, 6) is 1.38. The van der Waals surface area contributed by atoms with Crippen molar-refractivity contribution in [3.05, 3.63) is 132 Å². The van der Waals surface area contributed by atoms with Crippen LogP contribution in [0.25, 0.3) is 32.6 Å². The summed E-state index contributed by atoms with van der Waals surface area (Å²) in [4.78, 5) is 18.3. The first-order valence-corrected chi connectivity index (χ1v) is 14.2. The lowest BCUT2D eigenvalue weighted by Crippen LogP contribution is -2.12. The zero-order valence-corrected chi connectivity index (χ0v) is 23.4. The molecule has 0 aliphatic heterocycles. The molecule has 0 radical (unpaired) electrons. The molecule has 6 rings (SSSR count). The van der Waals surface area contributed by atoms with E-state index < -0.39 is 0 Å². The maximum Gasteiger partial charge on any atom is 0.256 e. The fourth-order valence-corrected chi connectivity index (χ4v) is 5.64. The first kappa shape index (κ1) is 26.4. The van der Waals surface area contributed by atoms with E-state index in [0.717, 1.165) is 27.1 Å². The first-order chi connectivity index (χ1) is 19.9. The molecule has 0 fully saturated rings. The number of benzene rings is 5. The zero-order valence-electron chi connectivity index (χ0n) is 22.6. The van der Waals surface area contributed by atoms with E-state index in [-0.39, 0.29) is 11.7 Å². The quantitative estimate of drug-likeness (QED) is 0.212. The summed E-state index contributed by atoms with van der Waals surface area (Å²) in [6.45, 7) is 4.32. The molecule has 0 spiro atoms. The number of ether oxygens (including phenoxy) is 1. The summed E-state index contributed by atoms with van der Waals surface area (Å²) in [6.07, 6.45) is 0. The van der Waals surface area contributed by atoms with E-state index in [4.69, 9.17) is 9.72 Å². The van der Waals surface area contributed by atoms with Crippen LogP contribution >= 0.6 is 11.3 Å². The smallest absolute Gasteiger partial charge is 0.256 e. The number of rotatable bonds is 7. The third kappa shape index (κ3) is 5.74. The molecule has 41 heavy (non-hydrogen) atoms. The molecule has 0 bridgehead atoms. The van der Waals surface area contributed by atoms with E-state index in [2.05, 4.69) is 31.3 Å². The Bertz CT molecular complexity index is 1820. The number of nitrogens with one attached hydrogen (secondary N) is 1. The summed E-state index contributed by atoms with van der Waals surface area (Å²) < 4.78 is 19.7. The molecule has 6 heteroatoms. The molecule has 0 saturated carbocycles. The Balaban J connectivity index is 1.30. The van der Waals surface area contributed by atoms with Gasteiger partial charge in [0.25, 0.3) is 5.91 Å². The van der Waals surface area contributed by atoms with Gasteiger partial charge in [-0.3, -0.25) is 4.79 Å². The summed E-state index contributed by atoms with van der Waals surface area (Å²) in [7, 11) is 0. The van der Waals surface area contributed by atoms with E-state index in [1.807, 2.05) is 78.9 Å². The van der Waals surface area contributed by atoms with Gasteiger partial charge < -0.3 is 10.1 Å². The van der Waals surface area contributed by atoms with E-state index in [0.29, 0.717) is 33.5 Å². The predicted molar refractivity (Wildman–Crippen MR) is 165 cm³/mol. The van der Waals surface area contributed by atoms with E-state index in [1.54, 1.807) is 12.1 Å². The van der Waals surface area contributed by atoms with Crippen LogP contribution in [0.2, 0.25) is 0 Å². The third-order valence-electron chi connectivity index (χ3n) is 6.89. The van der Waals surface area contributed by atoms with Crippen LogP contribution in [0.4, 0.5) is 9.39 Å². The molecule has 4 nitrogen and oxygen atoms in total. The first-order valence-electron chi connectivity index (χ1n) is 13.4. The lowest BCUT2D eigenvalue weighted by atomic mass is 10.0. The molecule has 0 atom stereocenters. The Kier molecular flexibility index (Phi) is 7.32. The normalized spacial score (nSPS) is 11.1. The minimum atomic E-state index is -0.333. The van der Waals surface area contributed by atoms with Crippen molar-refractivity contribution in [2.24, 2.45) is 0 Å². The Hall–Kier alpha value is -4.81. The topological polar surface area (TPSA) is 51.2 Å². The molecule has 1 amide bonds. The lowest BCUT2D eigenvalue weighted by Gasteiger charge is -2.09. The van der Waals surface area contributed by atoms with Gasteiger partial charge in [-0.2, -0.15) is 0 Å². The summed E-state index contributed by atoms with van der Waals surface area (Å²) in [5, 5.41) is 6.26. The molecule has 0 saturated heterocycles. The molecular weight excluding hydrogens is 531 g/mol. The standard InChI is InChI=1S/C35H27FN2O2S/c1-22(2)23-12-18-28(19-13-23)40-29-20-14-26(15-21-29)34-37-32(25-10-16-27(36)17-11-25)35(41-34)38-33(39)31-9-5-7-24-6-3-4-8-30(24)31/h3-22H,1-2H3,(H,38,39). The van der Waals surface area contributed by atoms with Crippen LogP contribution in [0.5, 0.6) is 11.5 Å². The average molecular weight is 559 g/mol. The number of fused-ring (bicyclic) bond motifs is 1. The van der Waals surface area contributed by atoms with Crippen LogP contribution in [0.3, 0.4) is 0 Å². The maximum absolute atomic E-state index is 13.7. The van der Waals surface area contributed by atoms with Crippen molar-refractivity contribution in [1.82, 2.24) is 4.98 Å². The molecule has 6 aromatic rings. The van der Waals surface area contributed by atoms with Gasteiger partial charge in [-0.1, -0.05) is 73.7 Å². The minimum Gasteiger partial charge on any atom is -0.457 e. The van der Waals surface area contributed by atoms with Crippen LogP contribution in [-0.4, -0.2) is 10.9 Å². The van der Waals surface area contributed by atoms with Gasteiger partial charge in [-0.15, -0.1) is 0 Å². The van der Waals surface area contributed by atoms with Crippen molar-refractivity contribution in [2.75, 3.05) is 5.32 Å². The van der Waals surface area contributed by atoms with Crippen molar-refractivity contribution in [3.63, 3.8) is 0 Å². The van der Waals surface area contributed by atoms with E-state index in [9.17, 15) is 9.18 Å². The SMILES string of the molecule is CC(C)c1ccc(Oc2ccc(-c3nc(-c4ccc(F)cc4)c(NC(=O)c4cccc5ccccc45)s3)cc2)cc1. The van der Waals surface area contributed by atoms with Crippen molar-refractivity contribution >= 4 is 33.0 Å². The number of thiazole rings is 1. The highest BCUT2D eigenvalue weighted by molar-refractivity contribution is 7.19. The second-order valence-electron chi connectivity index (χ2n) is 10.0. The number of amides is 1. The third-order valence-corrected chi connectivity index (χ3v) is 7.91. The Labute approximate surface area is 242 Å². The molecule has 1 heterocycles. The number of hydrogen-bond acceptors (Lipinski definition) is 4. The highest BCUT2D eigenvalue weighted by Gasteiger charge is 2.19. The van der Waals surface area contributed by atoms with Gasteiger partial charge in [-0.25, -0.2) is 9.37 Å². The highest BCUT2D eigenvalue weighted by Crippen LogP contribution is 2.39. The molecule has 0 aliphatic carbocycles. The van der Waals surface area contributed by atoms with Crippen LogP contribution in [0.15, 0.2) is 115 Å². The van der Waals surface area contributed by atoms with Crippen LogP contribution in [-0.2, 0) is 0 Å². The Morgan fingerprint density at radius 2 is 1.41 bits per heavy atom. The van der Waals surface area contributed by atoms with Gasteiger partial charge in [0.2, 0.25) is 0 Å². The number of nitrogens with zero attached hydrogens (tertiary/aromatic N) is 1. The fourth-order valence-electron chi connectivity index (χ4n) is 4.65. The van der Waals surface area contributed by atoms with Gasteiger partial charge in [0, 0.05) is 16.7 Å². The van der Waals surface area contributed by atoms with Gasteiger partial charge in [0.1, 0.15) is 33.0 Å². The molecule has 0 aliphatic rings. The number of hydrogen-bond donors (Lipinski definition) is 1. The van der Waals surface area contributed by atoms with Crippen molar-refractivity contribution in [3.8, 4) is 33.3 Å².